The molecule has 1 aromatic heterocycles. The van der Waals surface area contributed by atoms with Gasteiger partial charge in [0.1, 0.15) is 11.6 Å². The lowest BCUT2D eigenvalue weighted by atomic mass is 9.97. The first-order valence-electron chi connectivity index (χ1n) is 9.63. The summed E-state index contributed by atoms with van der Waals surface area (Å²) in [5, 5.41) is 11.9. The van der Waals surface area contributed by atoms with Crippen molar-refractivity contribution in [1.29, 1.82) is 0 Å². The highest BCUT2D eigenvalue weighted by atomic mass is 16.5. The van der Waals surface area contributed by atoms with Crippen molar-refractivity contribution in [2.45, 2.75) is 46.1 Å². The van der Waals surface area contributed by atoms with Crippen LogP contribution in [0.3, 0.4) is 0 Å². The number of guanidine groups is 1. The normalized spacial score (nSPS) is 21.4. The summed E-state index contributed by atoms with van der Waals surface area (Å²) in [5.74, 6) is 3.54. The summed E-state index contributed by atoms with van der Waals surface area (Å²) >= 11 is 0. The zero-order chi connectivity index (χ0) is 18.5. The SMILES string of the molecule is CCOC(=O)C1CCN(C(=NC)NCC2CCc3nnc(C)n3C2)CC1. The van der Waals surface area contributed by atoms with E-state index in [-0.39, 0.29) is 11.9 Å². The molecule has 0 aromatic carbocycles. The zero-order valence-corrected chi connectivity index (χ0v) is 16.1. The van der Waals surface area contributed by atoms with Crippen LogP contribution in [0, 0.1) is 18.8 Å². The maximum Gasteiger partial charge on any atom is 0.309 e. The molecule has 1 atom stereocenters. The largest absolute Gasteiger partial charge is 0.466 e. The van der Waals surface area contributed by atoms with Crippen LogP contribution in [0.5, 0.6) is 0 Å². The van der Waals surface area contributed by atoms with Crippen molar-refractivity contribution in [2.75, 3.05) is 33.3 Å². The van der Waals surface area contributed by atoms with E-state index >= 15 is 0 Å². The molecule has 0 saturated carbocycles. The lowest BCUT2D eigenvalue weighted by molar-refractivity contribution is -0.149. The molecule has 8 nitrogen and oxygen atoms in total. The smallest absolute Gasteiger partial charge is 0.309 e. The summed E-state index contributed by atoms with van der Waals surface area (Å²) in [7, 11) is 1.82. The summed E-state index contributed by atoms with van der Waals surface area (Å²) < 4.78 is 7.37. The van der Waals surface area contributed by atoms with Gasteiger partial charge in [-0.2, -0.15) is 0 Å². The summed E-state index contributed by atoms with van der Waals surface area (Å²) in [4.78, 5) is 18.6. The molecular weight excluding hydrogens is 332 g/mol. The number of hydrogen-bond donors (Lipinski definition) is 1. The molecule has 0 bridgehead atoms. The van der Waals surface area contributed by atoms with E-state index in [1.807, 2.05) is 20.9 Å². The second kappa shape index (κ2) is 8.51. The Hall–Kier alpha value is -2.12. The highest BCUT2D eigenvalue weighted by Gasteiger charge is 2.28. The molecule has 3 rings (SSSR count). The van der Waals surface area contributed by atoms with Gasteiger partial charge in [-0.3, -0.25) is 9.79 Å². The number of aliphatic imine (C=N–C) groups is 1. The van der Waals surface area contributed by atoms with Crippen molar-refractivity contribution in [3.8, 4) is 0 Å². The molecule has 8 heteroatoms. The minimum atomic E-state index is -0.0579. The molecule has 2 aliphatic heterocycles. The fraction of sp³-hybridized carbons (Fsp3) is 0.778. The van der Waals surface area contributed by atoms with Gasteiger partial charge in [0.25, 0.3) is 0 Å². The third-order valence-electron chi connectivity index (χ3n) is 5.40. The lowest BCUT2D eigenvalue weighted by Gasteiger charge is -2.34. The molecule has 1 aromatic rings. The Morgan fingerprint density at radius 1 is 1.31 bits per heavy atom. The fourth-order valence-electron chi connectivity index (χ4n) is 3.85. The highest BCUT2D eigenvalue weighted by molar-refractivity contribution is 5.80. The van der Waals surface area contributed by atoms with E-state index in [1.54, 1.807) is 0 Å². The van der Waals surface area contributed by atoms with Gasteiger partial charge in [0.05, 0.1) is 12.5 Å². The van der Waals surface area contributed by atoms with Crippen LogP contribution in [-0.4, -0.2) is 64.9 Å². The monoisotopic (exact) mass is 362 g/mol. The van der Waals surface area contributed by atoms with Gasteiger partial charge in [0.2, 0.25) is 0 Å². The Balaban J connectivity index is 1.47. The second-order valence-electron chi connectivity index (χ2n) is 7.12. The highest BCUT2D eigenvalue weighted by Crippen LogP contribution is 2.21. The second-order valence-corrected chi connectivity index (χ2v) is 7.12. The molecule has 0 aliphatic carbocycles. The number of nitrogens with zero attached hydrogens (tertiary/aromatic N) is 5. The average molecular weight is 362 g/mol. The number of likely N-dealkylation sites (tertiary alicyclic amines) is 1. The third-order valence-corrected chi connectivity index (χ3v) is 5.40. The number of ether oxygens (including phenoxy) is 1. The summed E-state index contributed by atoms with van der Waals surface area (Å²) in [6.07, 6.45) is 3.75. The predicted octanol–water partition coefficient (Wildman–Crippen LogP) is 0.999. The van der Waals surface area contributed by atoms with E-state index in [0.29, 0.717) is 12.5 Å². The van der Waals surface area contributed by atoms with Gasteiger partial charge in [-0.1, -0.05) is 0 Å². The van der Waals surface area contributed by atoms with E-state index in [2.05, 4.69) is 30.0 Å². The first-order valence-corrected chi connectivity index (χ1v) is 9.63. The van der Waals surface area contributed by atoms with Crippen LogP contribution >= 0.6 is 0 Å². The molecule has 144 valence electrons. The van der Waals surface area contributed by atoms with Crippen molar-refractivity contribution in [1.82, 2.24) is 25.0 Å². The molecule has 0 radical (unpaired) electrons. The van der Waals surface area contributed by atoms with E-state index in [0.717, 1.165) is 69.5 Å². The standard InChI is InChI=1S/C18H30N6O2/c1-4-26-17(25)15-7-9-23(10-8-15)18(19-3)20-11-14-5-6-16-22-21-13(2)24(16)12-14/h14-15H,4-12H2,1-3H3,(H,19,20). The van der Waals surface area contributed by atoms with Crippen LogP contribution < -0.4 is 5.32 Å². The first kappa shape index (κ1) is 18.7. The number of piperidine rings is 1. The summed E-state index contributed by atoms with van der Waals surface area (Å²) in [6.45, 7) is 7.85. The molecule has 1 N–H and O–H groups in total. The number of aromatic nitrogens is 3. The van der Waals surface area contributed by atoms with Crippen LogP contribution in [0.25, 0.3) is 0 Å². The molecular formula is C18H30N6O2. The number of carbonyl (C=O) groups excluding carboxylic acids is 1. The first-order chi connectivity index (χ1) is 12.6. The molecule has 2 aliphatic rings. The third kappa shape index (κ3) is 4.16. The maximum absolute atomic E-state index is 11.9. The molecule has 1 fully saturated rings. The van der Waals surface area contributed by atoms with Crippen molar-refractivity contribution in [3.63, 3.8) is 0 Å². The average Bonchev–Trinajstić information content (AvgIpc) is 3.03. The minimum Gasteiger partial charge on any atom is -0.466 e. The summed E-state index contributed by atoms with van der Waals surface area (Å²) in [5.41, 5.74) is 0. The van der Waals surface area contributed by atoms with Gasteiger partial charge in [-0.25, -0.2) is 0 Å². The lowest BCUT2D eigenvalue weighted by Crippen LogP contribution is -2.48. The molecule has 0 amide bonds. The number of nitrogens with one attached hydrogen (secondary N) is 1. The van der Waals surface area contributed by atoms with E-state index < -0.39 is 0 Å². The van der Waals surface area contributed by atoms with Gasteiger partial charge in [0.15, 0.2) is 5.96 Å². The number of esters is 1. The fourth-order valence-corrected chi connectivity index (χ4v) is 3.85. The molecule has 26 heavy (non-hydrogen) atoms. The van der Waals surface area contributed by atoms with Gasteiger partial charge < -0.3 is 19.5 Å². The van der Waals surface area contributed by atoms with Gasteiger partial charge in [0, 0.05) is 39.6 Å². The van der Waals surface area contributed by atoms with Crippen LogP contribution in [0.2, 0.25) is 0 Å². The topological polar surface area (TPSA) is 84.6 Å². The molecule has 1 saturated heterocycles. The number of hydrogen-bond acceptors (Lipinski definition) is 5. The Morgan fingerprint density at radius 2 is 2.08 bits per heavy atom. The van der Waals surface area contributed by atoms with Crippen LogP contribution in [0.1, 0.15) is 37.8 Å². The number of fused-ring (bicyclic) bond motifs is 1. The Bertz CT molecular complexity index is 648. The van der Waals surface area contributed by atoms with Crippen molar-refractivity contribution < 1.29 is 9.53 Å². The van der Waals surface area contributed by atoms with E-state index in [9.17, 15) is 4.79 Å². The number of rotatable bonds is 4. The minimum absolute atomic E-state index is 0.0257. The maximum atomic E-state index is 11.9. The van der Waals surface area contributed by atoms with Crippen LogP contribution in [-0.2, 0) is 22.5 Å². The summed E-state index contributed by atoms with van der Waals surface area (Å²) in [6, 6.07) is 0. The van der Waals surface area contributed by atoms with Crippen molar-refractivity contribution in [2.24, 2.45) is 16.8 Å². The van der Waals surface area contributed by atoms with Gasteiger partial charge >= 0.3 is 5.97 Å². The Morgan fingerprint density at radius 3 is 2.77 bits per heavy atom. The van der Waals surface area contributed by atoms with E-state index in [1.165, 1.54) is 0 Å². The van der Waals surface area contributed by atoms with Crippen molar-refractivity contribution >= 4 is 11.9 Å². The van der Waals surface area contributed by atoms with Gasteiger partial charge in [-0.05, 0) is 39.0 Å². The molecule has 0 spiro atoms. The Labute approximate surface area is 155 Å². The van der Waals surface area contributed by atoms with Crippen LogP contribution in [0.15, 0.2) is 4.99 Å². The van der Waals surface area contributed by atoms with E-state index in [4.69, 9.17) is 4.74 Å². The van der Waals surface area contributed by atoms with Gasteiger partial charge in [-0.15, -0.1) is 10.2 Å². The molecule has 3 heterocycles. The van der Waals surface area contributed by atoms with Crippen LogP contribution in [0.4, 0.5) is 0 Å². The number of carbonyl (C=O) groups is 1. The zero-order valence-electron chi connectivity index (χ0n) is 16.1. The Kier molecular flexibility index (Phi) is 6.11. The van der Waals surface area contributed by atoms with Crippen molar-refractivity contribution in [3.05, 3.63) is 11.6 Å². The molecule has 1 unspecified atom stereocenters. The quantitative estimate of drug-likeness (QED) is 0.489. The predicted molar refractivity (Wildman–Crippen MR) is 98.9 cm³/mol. The number of aryl methyl sites for hydroxylation is 2.